The summed E-state index contributed by atoms with van der Waals surface area (Å²) in [5, 5.41) is 2.73. The molecule has 0 aliphatic heterocycles. The van der Waals surface area contributed by atoms with Crippen LogP contribution in [0.4, 0.5) is 0 Å². The summed E-state index contributed by atoms with van der Waals surface area (Å²) in [6.45, 7) is 5.79. The molecule has 7 heteroatoms. The minimum absolute atomic E-state index is 0.279. The summed E-state index contributed by atoms with van der Waals surface area (Å²) in [5.41, 5.74) is 16.7. The van der Waals surface area contributed by atoms with E-state index in [9.17, 15) is 0 Å². The van der Waals surface area contributed by atoms with Gasteiger partial charge in [-0.05, 0) is 19.8 Å². The van der Waals surface area contributed by atoms with E-state index in [1.807, 2.05) is 0 Å². The highest BCUT2D eigenvalue weighted by Gasteiger charge is 1.94. The summed E-state index contributed by atoms with van der Waals surface area (Å²) >= 11 is 0. The first-order chi connectivity index (χ1) is 8.56. The van der Waals surface area contributed by atoms with Crippen LogP contribution in [0.3, 0.4) is 0 Å². The van der Waals surface area contributed by atoms with E-state index in [1.54, 1.807) is 6.92 Å². The van der Waals surface area contributed by atoms with Crippen molar-refractivity contribution in [2.45, 2.75) is 33.1 Å². The fourth-order valence-electron chi connectivity index (χ4n) is 1.09. The maximum atomic E-state index is 5.64. The molecular weight excluding hydrogens is 230 g/mol. The monoisotopic (exact) mass is 255 g/mol. The van der Waals surface area contributed by atoms with Gasteiger partial charge in [0.05, 0.1) is 5.84 Å². The number of amidine groups is 1. The zero-order valence-electron chi connectivity index (χ0n) is 11.3. The number of hydrogen-bond acceptors (Lipinski definition) is 3. The number of aliphatic imine (C=N–C) groups is 3. The van der Waals surface area contributed by atoms with Gasteiger partial charge in [0, 0.05) is 19.6 Å². The highest BCUT2D eigenvalue weighted by molar-refractivity contribution is 5.96. The number of unbranched alkanes of at least 4 members (excludes halogenated alkanes) is 1. The molecule has 0 spiro atoms. The van der Waals surface area contributed by atoms with Crippen molar-refractivity contribution in [2.75, 3.05) is 19.6 Å². The van der Waals surface area contributed by atoms with Crippen LogP contribution in [0, 0.1) is 0 Å². The Hall–Kier alpha value is -1.79. The van der Waals surface area contributed by atoms with Gasteiger partial charge >= 0.3 is 0 Å². The second-order valence-corrected chi connectivity index (χ2v) is 3.89. The molecular formula is C11H25N7. The molecule has 0 bridgehead atoms. The number of guanidine groups is 2. The van der Waals surface area contributed by atoms with Crippen LogP contribution in [0.5, 0.6) is 0 Å². The van der Waals surface area contributed by atoms with Crippen LogP contribution in [0.15, 0.2) is 15.0 Å². The molecule has 104 valence electrons. The Morgan fingerprint density at radius 2 is 1.39 bits per heavy atom. The Kier molecular flexibility index (Phi) is 9.34. The fourth-order valence-corrected chi connectivity index (χ4v) is 1.09. The Labute approximate surface area is 109 Å². The summed E-state index contributed by atoms with van der Waals surface area (Å²) in [5.74, 6) is 1.17. The SMILES string of the molecule is CCCCN=C(N)NC(N)=NCCCN=C(C)N. The molecule has 0 aromatic rings. The highest BCUT2D eigenvalue weighted by Crippen LogP contribution is 1.86. The molecule has 0 rings (SSSR count). The lowest BCUT2D eigenvalue weighted by Gasteiger charge is -2.04. The normalized spacial score (nSPS) is 13.8. The van der Waals surface area contributed by atoms with Gasteiger partial charge in [-0.3, -0.25) is 20.3 Å². The third-order valence-corrected chi connectivity index (χ3v) is 2.01. The zero-order valence-corrected chi connectivity index (χ0v) is 11.3. The van der Waals surface area contributed by atoms with Gasteiger partial charge in [0.15, 0.2) is 11.9 Å². The van der Waals surface area contributed by atoms with Crippen LogP contribution in [-0.2, 0) is 0 Å². The molecule has 7 N–H and O–H groups in total. The van der Waals surface area contributed by atoms with Crippen LogP contribution >= 0.6 is 0 Å². The van der Waals surface area contributed by atoms with Crippen LogP contribution in [0.2, 0.25) is 0 Å². The van der Waals surface area contributed by atoms with Gasteiger partial charge in [-0.25, -0.2) is 0 Å². The van der Waals surface area contributed by atoms with Crippen molar-refractivity contribution in [2.24, 2.45) is 32.2 Å². The van der Waals surface area contributed by atoms with Gasteiger partial charge in [0.2, 0.25) is 0 Å². The van der Waals surface area contributed by atoms with Crippen molar-refractivity contribution in [1.82, 2.24) is 5.32 Å². The molecule has 0 saturated carbocycles. The maximum absolute atomic E-state index is 5.64. The van der Waals surface area contributed by atoms with E-state index in [0.29, 0.717) is 31.4 Å². The van der Waals surface area contributed by atoms with Crippen molar-refractivity contribution in [3.63, 3.8) is 0 Å². The number of nitrogens with zero attached hydrogens (tertiary/aromatic N) is 3. The minimum Gasteiger partial charge on any atom is -0.388 e. The smallest absolute Gasteiger partial charge is 0.195 e. The van der Waals surface area contributed by atoms with E-state index in [1.165, 1.54) is 0 Å². The topological polar surface area (TPSA) is 127 Å². The molecule has 0 amide bonds. The average molecular weight is 255 g/mol. The summed E-state index contributed by atoms with van der Waals surface area (Å²) in [7, 11) is 0. The molecule has 0 aromatic carbocycles. The van der Waals surface area contributed by atoms with E-state index in [2.05, 4.69) is 27.2 Å². The van der Waals surface area contributed by atoms with E-state index in [-0.39, 0.29) is 5.96 Å². The van der Waals surface area contributed by atoms with E-state index in [0.717, 1.165) is 19.3 Å². The van der Waals surface area contributed by atoms with Gasteiger partial charge < -0.3 is 17.2 Å². The summed E-state index contributed by atoms with van der Waals surface area (Å²) in [6.07, 6.45) is 2.89. The molecule has 0 saturated heterocycles. The quantitative estimate of drug-likeness (QED) is 0.285. The first-order valence-corrected chi connectivity index (χ1v) is 6.19. The molecule has 7 nitrogen and oxygen atoms in total. The Morgan fingerprint density at radius 1 is 0.889 bits per heavy atom. The molecule has 0 aliphatic rings. The van der Waals surface area contributed by atoms with Crippen molar-refractivity contribution < 1.29 is 0 Å². The van der Waals surface area contributed by atoms with E-state index in [4.69, 9.17) is 17.2 Å². The predicted octanol–water partition coefficient (Wildman–Crippen LogP) is -0.227. The van der Waals surface area contributed by atoms with Crippen molar-refractivity contribution in [3.05, 3.63) is 0 Å². The third kappa shape index (κ3) is 10.7. The van der Waals surface area contributed by atoms with Crippen molar-refractivity contribution >= 4 is 17.8 Å². The third-order valence-electron chi connectivity index (χ3n) is 2.01. The van der Waals surface area contributed by atoms with Gasteiger partial charge in [-0.1, -0.05) is 13.3 Å². The highest BCUT2D eigenvalue weighted by atomic mass is 15.2. The second-order valence-electron chi connectivity index (χ2n) is 3.89. The van der Waals surface area contributed by atoms with Crippen LogP contribution in [0.1, 0.15) is 33.1 Å². The van der Waals surface area contributed by atoms with Gasteiger partial charge in [-0.2, -0.15) is 0 Å². The zero-order chi connectivity index (χ0) is 13.8. The summed E-state index contributed by atoms with van der Waals surface area (Å²) in [6, 6.07) is 0. The largest absolute Gasteiger partial charge is 0.388 e. The van der Waals surface area contributed by atoms with Gasteiger partial charge in [0.1, 0.15) is 0 Å². The first kappa shape index (κ1) is 16.2. The van der Waals surface area contributed by atoms with Crippen molar-refractivity contribution in [3.8, 4) is 0 Å². The van der Waals surface area contributed by atoms with Gasteiger partial charge in [-0.15, -0.1) is 0 Å². The molecule has 0 aromatic heterocycles. The Balaban J connectivity index is 3.82. The predicted molar refractivity (Wildman–Crippen MR) is 77.8 cm³/mol. The summed E-state index contributed by atoms with van der Waals surface area (Å²) in [4.78, 5) is 12.3. The second kappa shape index (κ2) is 10.4. The van der Waals surface area contributed by atoms with Crippen LogP contribution in [-0.4, -0.2) is 37.4 Å². The van der Waals surface area contributed by atoms with E-state index < -0.39 is 0 Å². The number of rotatable bonds is 7. The molecule has 0 radical (unpaired) electrons. The molecule has 0 unspecified atom stereocenters. The number of nitrogens with two attached hydrogens (primary N) is 3. The number of hydrogen-bond donors (Lipinski definition) is 4. The average Bonchev–Trinajstić information content (AvgIpc) is 2.28. The fraction of sp³-hybridized carbons (Fsp3) is 0.727. The van der Waals surface area contributed by atoms with Crippen molar-refractivity contribution in [1.29, 1.82) is 0 Å². The standard InChI is InChI=1S/C11H25N7/c1-3-4-6-16-10(13)18-11(14)17-8-5-7-15-9(2)12/h3-8H2,1-2H3,(H2,12,15)(H5,13,14,16,17,18). The van der Waals surface area contributed by atoms with E-state index >= 15 is 0 Å². The van der Waals surface area contributed by atoms with Crippen LogP contribution in [0.25, 0.3) is 0 Å². The summed E-state index contributed by atoms with van der Waals surface area (Å²) < 4.78 is 0. The molecule has 18 heavy (non-hydrogen) atoms. The van der Waals surface area contributed by atoms with Gasteiger partial charge in [0.25, 0.3) is 0 Å². The maximum Gasteiger partial charge on any atom is 0.195 e. The lowest BCUT2D eigenvalue weighted by molar-refractivity contribution is 0.803. The molecule has 0 heterocycles. The molecule has 0 atom stereocenters. The molecule has 0 aliphatic carbocycles. The molecule has 0 fully saturated rings. The first-order valence-electron chi connectivity index (χ1n) is 6.19. The van der Waals surface area contributed by atoms with Crippen LogP contribution < -0.4 is 22.5 Å². The lowest BCUT2D eigenvalue weighted by Crippen LogP contribution is -2.41. The minimum atomic E-state index is 0.279. The Bertz CT molecular complexity index is 303. The number of nitrogens with one attached hydrogen (secondary N) is 1. The lowest BCUT2D eigenvalue weighted by atomic mass is 10.3. The Morgan fingerprint density at radius 3 is 1.89 bits per heavy atom.